The monoisotopic (exact) mass is 353 g/mol. The second-order valence-electron chi connectivity index (χ2n) is 7.36. The third-order valence-corrected chi connectivity index (χ3v) is 5.69. The van der Waals surface area contributed by atoms with Crippen molar-refractivity contribution in [2.75, 3.05) is 13.1 Å². The Kier molecular flexibility index (Phi) is 4.17. The van der Waals surface area contributed by atoms with E-state index in [0.29, 0.717) is 18.7 Å². The number of aromatic amines is 1. The summed E-state index contributed by atoms with van der Waals surface area (Å²) < 4.78 is 0. The zero-order valence-corrected chi connectivity index (χ0v) is 14.8. The van der Waals surface area contributed by atoms with Crippen LogP contribution in [-0.2, 0) is 13.0 Å². The molecule has 2 aromatic rings. The van der Waals surface area contributed by atoms with Crippen LogP contribution in [0.3, 0.4) is 0 Å². The Labute approximate surface area is 151 Å². The third-order valence-electron chi connectivity index (χ3n) is 5.69. The second kappa shape index (κ2) is 6.37. The minimum absolute atomic E-state index is 0.126. The van der Waals surface area contributed by atoms with E-state index in [2.05, 4.69) is 22.4 Å². The van der Waals surface area contributed by atoms with Gasteiger partial charge in [0.1, 0.15) is 5.56 Å². The fourth-order valence-electron chi connectivity index (χ4n) is 4.06. The van der Waals surface area contributed by atoms with Crippen LogP contribution in [0.1, 0.15) is 33.6 Å². The number of pyridine rings is 1. The number of aryl methyl sites for hydroxylation is 1. The van der Waals surface area contributed by atoms with Gasteiger partial charge in [-0.15, -0.1) is 0 Å². The number of piperidine rings is 1. The lowest BCUT2D eigenvalue weighted by Gasteiger charge is -2.48. The normalized spacial score (nSPS) is 25.2. The summed E-state index contributed by atoms with van der Waals surface area (Å²) in [7, 11) is 0. The first-order chi connectivity index (χ1) is 12.5. The molecule has 1 saturated heterocycles. The molecule has 26 heavy (non-hydrogen) atoms. The maximum atomic E-state index is 12.7. The molecule has 6 heteroatoms. The molecule has 4 rings (SSSR count). The van der Waals surface area contributed by atoms with Crippen molar-refractivity contribution >= 4 is 5.91 Å². The molecule has 2 atom stereocenters. The average Bonchev–Trinajstić information content (AvgIpc) is 2.63. The first-order valence-corrected chi connectivity index (χ1v) is 8.98. The van der Waals surface area contributed by atoms with Crippen LogP contribution in [0.2, 0.25) is 0 Å². The average molecular weight is 353 g/mol. The van der Waals surface area contributed by atoms with Gasteiger partial charge in [-0.2, -0.15) is 0 Å². The molecule has 1 aromatic heterocycles. The fourth-order valence-corrected chi connectivity index (χ4v) is 4.06. The van der Waals surface area contributed by atoms with Gasteiger partial charge in [-0.1, -0.05) is 24.3 Å². The largest absolute Gasteiger partial charge is 0.389 e. The van der Waals surface area contributed by atoms with E-state index in [-0.39, 0.29) is 23.6 Å². The first kappa shape index (κ1) is 17.0. The summed E-state index contributed by atoms with van der Waals surface area (Å²) in [4.78, 5) is 29.0. The number of nitrogens with one attached hydrogen (secondary N) is 2. The summed E-state index contributed by atoms with van der Waals surface area (Å²) in [5, 5.41) is 14.3. The van der Waals surface area contributed by atoms with E-state index in [1.54, 1.807) is 24.0 Å². The first-order valence-electron chi connectivity index (χ1n) is 8.98. The van der Waals surface area contributed by atoms with Crippen LogP contribution >= 0.6 is 0 Å². The highest BCUT2D eigenvalue weighted by atomic mass is 16.3. The predicted molar refractivity (Wildman–Crippen MR) is 98.0 cm³/mol. The Morgan fingerprint density at radius 1 is 1.23 bits per heavy atom. The summed E-state index contributed by atoms with van der Waals surface area (Å²) in [6.07, 6.45) is 0.716. The van der Waals surface area contributed by atoms with Gasteiger partial charge in [-0.25, -0.2) is 0 Å². The van der Waals surface area contributed by atoms with Gasteiger partial charge in [-0.3, -0.25) is 9.59 Å². The Morgan fingerprint density at radius 3 is 2.73 bits per heavy atom. The number of rotatable bonds is 1. The van der Waals surface area contributed by atoms with Crippen molar-refractivity contribution in [2.24, 2.45) is 0 Å². The van der Waals surface area contributed by atoms with E-state index in [1.807, 2.05) is 12.1 Å². The van der Waals surface area contributed by atoms with E-state index in [9.17, 15) is 14.7 Å². The molecule has 0 radical (unpaired) electrons. The lowest BCUT2D eigenvalue weighted by atomic mass is 9.76. The second-order valence-corrected chi connectivity index (χ2v) is 7.36. The minimum atomic E-state index is -0.682. The molecule has 136 valence electrons. The number of aliphatic hydroxyl groups is 1. The van der Waals surface area contributed by atoms with Crippen molar-refractivity contribution in [1.29, 1.82) is 0 Å². The maximum absolute atomic E-state index is 12.7. The number of hydrogen-bond donors (Lipinski definition) is 3. The van der Waals surface area contributed by atoms with Crippen LogP contribution in [-0.4, -0.2) is 45.6 Å². The van der Waals surface area contributed by atoms with Crippen molar-refractivity contribution in [3.05, 3.63) is 69.1 Å². The van der Waals surface area contributed by atoms with Crippen LogP contribution in [0.5, 0.6) is 0 Å². The number of carbonyl (C=O) groups excluding carboxylic acids is 1. The molecule has 0 unspecified atom stereocenters. The number of aliphatic hydroxyl groups excluding tert-OH is 1. The summed E-state index contributed by atoms with van der Waals surface area (Å²) in [5.41, 5.74) is 2.56. The van der Waals surface area contributed by atoms with E-state index >= 15 is 0 Å². The van der Waals surface area contributed by atoms with Crippen LogP contribution in [0.15, 0.2) is 41.2 Å². The smallest absolute Gasteiger partial charge is 0.260 e. The maximum Gasteiger partial charge on any atom is 0.260 e. The molecule has 1 fully saturated rings. The highest BCUT2D eigenvalue weighted by Gasteiger charge is 2.45. The number of nitrogens with zero attached hydrogens (tertiary/aromatic N) is 1. The summed E-state index contributed by atoms with van der Waals surface area (Å²) >= 11 is 0. The van der Waals surface area contributed by atoms with Gasteiger partial charge in [0.05, 0.1) is 11.6 Å². The molecule has 2 aliphatic heterocycles. The lowest BCUT2D eigenvalue weighted by molar-refractivity contribution is -0.0139. The number of β-amino-alcohol motifs (C(OH)–C–C–N with tert-alkyl or cyclic N) is 1. The van der Waals surface area contributed by atoms with Crippen LogP contribution < -0.4 is 10.9 Å². The highest BCUT2D eigenvalue weighted by molar-refractivity contribution is 5.94. The molecule has 0 bridgehead atoms. The Balaban J connectivity index is 1.52. The number of carbonyl (C=O) groups is 1. The molecule has 1 aromatic carbocycles. The molecule has 3 heterocycles. The molecule has 3 N–H and O–H groups in total. The molecule has 1 spiro atoms. The van der Waals surface area contributed by atoms with Gasteiger partial charge >= 0.3 is 0 Å². The molecule has 1 amide bonds. The number of fused-ring (bicyclic) bond motifs is 1. The topological polar surface area (TPSA) is 85.4 Å². The Hall–Kier alpha value is -2.44. The van der Waals surface area contributed by atoms with Crippen molar-refractivity contribution < 1.29 is 9.90 Å². The van der Waals surface area contributed by atoms with E-state index in [0.717, 1.165) is 13.0 Å². The number of aromatic nitrogens is 1. The van der Waals surface area contributed by atoms with Gasteiger partial charge < -0.3 is 20.3 Å². The van der Waals surface area contributed by atoms with Crippen molar-refractivity contribution in [3.63, 3.8) is 0 Å². The molecule has 2 aliphatic rings. The number of likely N-dealkylation sites (tertiary alicyclic amines) is 1. The molecule has 0 saturated carbocycles. The number of amides is 1. The van der Waals surface area contributed by atoms with Crippen molar-refractivity contribution in [2.45, 2.75) is 38.0 Å². The van der Waals surface area contributed by atoms with Crippen LogP contribution in [0, 0.1) is 6.92 Å². The highest BCUT2D eigenvalue weighted by Crippen LogP contribution is 2.32. The molecule has 6 nitrogen and oxygen atoms in total. The number of H-pyrrole nitrogens is 1. The molecular weight excluding hydrogens is 330 g/mol. The SMILES string of the molecule is Cc1ccc(C(=O)N2CC[C@]3(Cc4ccccc4CN3)[C@H](O)C2)c(=O)[nH]1. The quantitative estimate of drug-likeness (QED) is 0.713. The van der Waals surface area contributed by atoms with Gasteiger partial charge in [0, 0.05) is 25.3 Å². The van der Waals surface area contributed by atoms with Crippen LogP contribution in [0.4, 0.5) is 0 Å². The van der Waals surface area contributed by atoms with E-state index in [4.69, 9.17) is 0 Å². The number of hydrogen-bond acceptors (Lipinski definition) is 4. The van der Waals surface area contributed by atoms with Crippen molar-refractivity contribution in [1.82, 2.24) is 15.2 Å². The van der Waals surface area contributed by atoms with E-state index in [1.165, 1.54) is 11.1 Å². The predicted octanol–water partition coefficient (Wildman–Crippen LogP) is 0.975. The Morgan fingerprint density at radius 2 is 2.00 bits per heavy atom. The lowest BCUT2D eigenvalue weighted by Crippen LogP contribution is -2.65. The summed E-state index contributed by atoms with van der Waals surface area (Å²) in [5.74, 6) is -0.323. The van der Waals surface area contributed by atoms with Crippen molar-refractivity contribution in [3.8, 4) is 0 Å². The zero-order valence-electron chi connectivity index (χ0n) is 14.8. The van der Waals surface area contributed by atoms with Gasteiger partial charge in [-0.05, 0) is 43.0 Å². The van der Waals surface area contributed by atoms with Crippen LogP contribution in [0.25, 0.3) is 0 Å². The molecule has 0 aliphatic carbocycles. The van der Waals surface area contributed by atoms with Gasteiger partial charge in [0.15, 0.2) is 0 Å². The third kappa shape index (κ3) is 2.85. The summed E-state index contributed by atoms with van der Waals surface area (Å²) in [6, 6.07) is 11.5. The fraction of sp³-hybridized carbons (Fsp3) is 0.400. The van der Waals surface area contributed by atoms with E-state index < -0.39 is 11.6 Å². The molecular formula is C20H23N3O3. The number of benzene rings is 1. The Bertz CT molecular complexity index is 907. The zero-order chi connectivity index (χ0) is 18.3. The summed E-state index contributed by atoms with van der Waals surface area (Å²) in [6.45, 7) is 3.23. The van der Waals surface area contributed by atoms with Gasteiger partial charge in [0.2, 0.25) is 0 Å². The minimum Gasteiger partial charge on any atom is -0.389 e. The van der Waals surface area contributed by atoms with Gasteiger partial charge in [0.25, 0.3) is 11.5 Å². The standard InChI is InChI=1S/C20H23N3O3/c1-13-6-7-16(18(25)22-13)19(26)23-9-8-20(17(24)12-23)10-14-4-2-3-5-15(14)11-21-20/h2-7,17,21,24H,8-12H2,1H3,(H,22,25)/t17-,20+/m1/s1.